The second kappa shape index (κ2) is 3.96. The Morgan fingerprint density at radius 1 is 1.36 bits per heavy atom. The molecule has 0 spiro atoms. The van der Waals surface area contributed by atoms with Gasteiger partial charge in [0.15, 0.2) is 5.82 Å². The summed E-state index contributed by atoms with van der Waals surface area (Å²) in [5, 5.41) is 11.7. The van der Waals surface area contributed by atoms with Gasteiger partial charge in [0.2, 0.25) is 0 Å². The smallest absolute Gasteiger partial charge is 0.174 e. The molecule has 1 aliphatic heterocycles. The van der Waals surface area contributed by atoms with E-state index >= 15 is 0 Å². The number of nitrogens with zero attached hydrogens (tertiary/aromatic N) is 4. The number of aromatic nitrogens is 3. The summed E-state index contributed by atoms with van der Waals surface area (Å²) in [5.41, 5.74) is 1.18. The fraction of sp³-hybridized carbons (Fsp3) is 0.778. The first kappa shape index (κ1) is 9.45. The first-order valence-electron chi connectivity index (χ1n) is 5.18. The molecule has 1 aromatic rings. The molecule has 1 saturated heterocycles. The average Bonchev–Trinajstić information content (AvgIpc) is 2.61. The van der Waals surface area contributed by atoms with Crippen LogP contribution in [0.25, 0.3) is 0 Å². The Morgan fingerprint density at radius 3 is 2.64 bits per heavy atom. The molecule has 0 atom stereocenters. The molecule has 0 bridgehead atoms. The third kappa shape index (κ3) is 1.59. The molecule has 1 aliphatic rings. The van der Waals surface area contributed by atoms with Crippen LogP contribution in [0.3, 0.4) is 0 Å². The summed E-state index contributed by atoms with van der Waals surface area (Å²) in [6, 6.07) is 0. The predicted molar refractivity (Wildman–Crippen MR) is 55.5 cm³/mol. The minimum Gasteiger partial charge on any atom is -0.351 e. The van der Waals surface area contributed by atoms with E-state index in [-0.39, 0.29) is 0 Å². The monoisotopic (exact) mass is 195 g/mol. The largest absolute Gasteiger partial charge is 0.351 e. The summed E-state index contributed by atoms with van der Waals surface area (Å²) < 4.78 is 1.94. The lowest BCUT2D eigenvalue weighted by atomic mass is 10.3. The van der Waals surface area contributed by atoms with E-state index in [4.69, 9.17) is 0 Å². The van der Waals surface area contributed by atoms with Gasteiger partial charge in [-0.2, -0.15) is 0 Å². The van der Waals surface area contributed by atoms with Gasteiger partial charge in [-0.05, 0) is 13.8 Å². The first-order chi connectivity index (χ1) is 6.83. The quantitative estimate of drug-likeness (QED) is 0.722. The van der Waals surface area contributed by atoms with Crippen LogP contribution in [0.4, 0.5) is 5.82 Å². The van der Waals surface area contributed by atoms with Gasteiger partial charge in [0.1, 0.15) is 0 Å². The first-order valence-corrected chi connectivity index (χ1v) is 5.18. The number of piperazine rings is 1. The van der Waals surface area contributed by atoms with E-state index in [1.165, 1.54) is 5.69 Å². The van der Waals surface area contributed by atoms with Crippen molar-refractivity contribution in [3.8, 4) is 0 Å². The van der Waals surface area contributed by atoms with Crippen LogP contribution < -0.4 is 10.2 Å². The van der Waals surface area contributed by atoms with E-state index in [1.54, 1.807) is 0 Å². The van der Waals surface area contributed by atoms with Crippen molar-refractivity contribution in [1.29, 1.82) is 0 Å². The van der Waals surface area contributed by atoms with Crippen LogP contribution >= 0.6 is 0 Å². The zero-order valence-electron chi connectivity index (χ0n) is 8.82. The van der Waals surface area contributed by atoms with Gasteiger partial charge in [0.25, 0.3) is 0 Å². The fourth-order valence-corrected chi connectivity index (χ4v) is 1.82. The Labute approximate surface area is 84.1 Å². The Kier molecular flexibility index (Phi) is 2.67. The summed E-state index contributed by atoms with van der Waals surface area (Å²) in [6.07, 6.45) is 0. The van der Waals surface area contributed by atoms with E-state index in [2.05, 4.69) is 34.4 Å². The second-order valence-electron chi connectivity index (χ2n) is 3.55. The van der Waals surface area contributed by atoms with Gasteiger partial charge in [-0.25, -0.2) is 4.68 Å². The standard InChI is InChI=1S/C9H17N5/c1-3-14-8(2)9(11-12-14)13-6-4-10-5-7-13/h10H,3-7H2,1-2H3. The van der Waals surface area contributed by atoms with Gasteiger partial charge in [-0.15, -0.1) is 5.10 Å². The maximum atomic E-state index is 4.22. The third-order valence-corrected chi connectivity index (χ3v) is 2.67. The average molecular weight is 195 g/mol. The number of hydrogen-bond acceptors (Lipinski definition) is 4. The lowest BCUT2D eigenvalue weighted by Gasteiger charge is -2.27. The Hall–Kier alpha value is -1.10. The van der Waals surface area contributed by atoms with Crippen LogP contribution in [0.1, 0.15) is 12.6 Å². The minimum absolute atomic E-state index is 0.894. The minimum atomic E-state index is 0.894. The molecule has 78 valence electrons. The van der Waals surface area contributed by atoms with Crippen LogP contribution in [0.15, 0.2) is 0 Å². The van der Waals surface area contributed by atoms with Crippen molar-refractivity contribution in [3.05, 3.63) is 5.69 Å². The molecular weight excluding hydrogens is 178 g/mol. The molecule has 1 aromatic heterocycles. The Bertz CT molecular complexity index is 300. The molecule has 14 heavy (non-hydrogen) atoms. The highest BCUT2D eigenvalue weighted by Crippen LogP contribution is 2.15. The highest BCUT2D eigenvalue weighted by atomic mass is 15.5. The molecule has 0 amide bonds. The van der Waals surface area contributed by atoms with Crippen LogP contribution in [-0.4, -0.2) is 41.2 Å². The summed E-state index contributed by atoms with van der Waals surface area (Å²) in [5.74, 6) is 1.05. The van der Waals surface area contributed by atoms with Crippen molar-refractivity contribution in [2.45, 2.75) is 20.4 Å². The summed E-state index contributed by atoms with van der Waals surface area (Å²) >= 11 is 0. The van der Waals surface area contributed by atoms with Crippen molar-refractivity contribution in [3.63, 3.8) is 0 Å². The highest BCUT2D eigenvalue weighted by Gasteiger charge is 2.16. The van der Waals surface area contributed by atoms with Crippen molar-refractivity contribution < 1.29 is 0 Å². The maximum Gasteiger partial charge on any atom is 0.174 e. The van der Waals surface area contributed by atoms with Crippen molar-refractivity contribution in [2.24, 2.45) is 0 Å². The van der Waals surface area contributed by atoms with E-state index in [0.29, 0.717) is 0 Å². The Morgan fingerprint density at radius 2 is 2.07 bits per heavy atom. The number of rotatable bonds is 2. The van der Waals surface area contributed by atoms with Crippen molar-refractivity contribution >= 4 is 5.82 Å². The van der Waals surface area contributed by atoms with Gasteiger partial charge in [0.05, 0.1) is 5.69 Å². The predicted octanol–water partition coefficient (Wildman–Crippen LogP) is 0.0160. The van der Waals surface area contributed by atoms with Gasteiger partial charge >= 0.3 is 0 Å². The number of hydrogen-bond donors (Lipinski definition) is 1. The third-order valence-electron chi connectivity index (χ3n) is 2.67. The van der Waals surface area contributed by atoms with Crippen LogP contribution in [0.2, 0.25) is 0 Å². The molecule has 5 heteroatoms. The molecule has 0 aliphatic carbocycles. The highest BCUT2D eigenvalue weighted by molar-refractivity contribution is 5.42. The van der Waals surface area contributed by atoms with Crippen LogP contribution in [-0.2, 0) is 6.54 Å². The molecule has 2 rings (SSSR count). The molecule has 0 unspecified atom stereocenters. The van der Waals surface area contributed by atoms with Gasteiger partial charge in [0, 0.05) is 32.7 Å². The van der Waals surface area contributed by atoms with Gasteiger partial charge in [-0.1, -0.05) is 5.21 Å². The summed E-state index contributed by atoms with van der Waals surface area (Å²) in [7, 11) is 0. The van der Waals surface area contributed by atoms with Gasteiger partial charge in [-0.3, -0.25) is 0 Å². The van der Waals surface area contributed by atoms with Crippen molar-refractivity contribution in [2.75, 3.05) is 31.1 Å². The number of aryl methyl sites for hydroxylation is 1. The molecule has 0 radical (unpaired) electrons. The molecule has 1 fully saturated rings. The molecule has 1 N–H and O–H groups in total. The molecule has 0 aromatic carbocycles. The van der Waals surface area contributed by atoms with E-state index in [1.807, 2.05) is 4.68 Å². The molecule has 2 heterocycles. The Balaban J connectivity index is 2.18. The van der Waals surface area contributed by atoms with E-state index in [0.717, 1.165) is 38.5 Å². The lowest BCUT2D eigenvalue weighted by Crippen LogP contribution is -2.44. The zero-order valence-corrected chi connectivity index (χ0v) is 8.82. The van der Waals surface area contributed by atoms with E-state index < -0.39 is 0 Å². The summed E-state index contributed by atoms with van der Waals surface area (Å²) in [4.78, 5) is 2.30. The maximum absolute atomic E-state index is 4.22. The summed E-state index contributed by atoms with van der Waals surface area (Å²) in [6.45, 7) is 9.21. The SMILES string of the molecule is CCn1nnc(N2CCNCC2)c1C. The van der Waals surface area contributed by atoms with Crippen LogP contribution in [0, 0.1) is 6.92 Å². The molecule has 0 saturated carbocycles. The van der Waals surface area contributed by atoms with Crippen molar-refractivity contribution in [1.82, 2.24) is 20.3 Å². The number of nitrogens with one attached hydrogen (secondary N) is 1. The second-order valence-corrected chi connectivity index (χ2v) is 3.55. The normalized spacial score (nSPS) is 17.4. The lowest BCUT2D eigenvalue weighted by molar-refractivity contribution is 0.584. The zero-order chi connectivity index (χ0) is 9.97. The van der Waals surface area contributed by atoms with Gasteiger partial charge < -0.3 is 10.2 Å². The topological polar surface area (TPSA) is 46.0 Å². The van der Waals surface area contributed by atoms with E-state index in [9.17, 15) is 0 Å². The fourth-order valence-electron chi connectivity index (χ4n) is 1.82. The van der Waals surface area contributed by atoms with Crippen LogP contribution in [0.5, 0.6) is 0 Å². The number of anilines is 1. The molecular formula is C9H17N5. The molecule has 5 nitrogen and oxygen atoms in total.